The second-order valence-electron chi connectivity index (χ2n) is 8.31. The standard InChI is InChI=1S/C23H30N6/c1-15(2)24-14-13-16(3)20-18-11-5-4-6-12-19(18)25-22(17-9-7-8-10-17)21(20)23-26-28-29-27-23/h13-14,17H,1,4-12H2,2-3H3,(H,26,27,28,29)/b16-13+,24-14?. The van der Waals surface area contributed by atoms with Gasteiger partial charge in [-0.25, -0.2) is 0 Å². The van der Waals surface area contributed by atoms with E-state index in [0.717, 1.165) is 24.1 Å². The molecule has 4 rings (SSSR count). The Morgan fingerprint density at radius 2 is 1.90 bits per heavy atom. The SMILES string of the molecule is C=C(C)N=C/C=C(\C)c1c2c(nc(C3CCCC3)c1-c1nn[nH]n1)CCCCC2. The van der Waals surface area contributed by atoms with Crippen LogP contribution in [0.15, 0.2) is 23.3 Å². The molecule has 0 aromatic carbocycles. The number of aromatic amines is 1. The summed E-state index contributed by atoms with van der Waals surface area (Å²) in [5, 5.41) is 15.3. The first-order chi connectivity index (χ1) is 14.1. The van der Waals surface area contributed by atoms with Gasteiger partial charge in [0.05, 0.1) is 11.3 Å². The average molecular weight is 391 g/mol. The number of aryl methyl sites for hydroxylation is 1. The lowest BCUT2D eigenvalue weighted by molar-refractivity contribution is 0.683. The van der Waals surface area contributed by atoms with Gasteiger partial charge in [0.2, 0.25) is 5.82 Å². The fraction of sp³-hybridized carbons (Fsp3) is 0.522. The van der Waals surface area contributed by atoms with Crippen LogP contribution in [0.4, 0.5) is 0 Å². The summed E-state index contributed by atoms with van der Waals surface area (Å²) < 4.78 is 0. The zero-order chi connectivity index (χ0) is 20.2. The molecule has 0 amide bonds. The maximum atomic E-state index is 5.27. The first-order valence-corrected chi connectivity index (χ1v) is 10.8. The van der Waals surface area contributed by atoms with E-state index in [1.54, 1.807) is 0 Å². The number of nitrogens with one attached hydrogen (secondary N) is 1. The number of aliphatic imine (C=N–C) groups is 1. The predicted octanol–water partition coefficient (Wildman–Crippen LogP) is 5.20. The van der Waals surface area contributed by atoms with Gasteiger partial charge >= 0.3 is 0 Å². The van der Waals surface area contributed by atoms with Crippen molar-refractivity contribution in [2.45, 2.75) is 77.6 Å². The van der Waals surface area contributed by atoms with Crippen molar-refractivity contribution in [2.75, 3.05) is 0 Å². The zero-order valence-corrected chi connectivity index (χ0v) is 17.5. The smallest absolute Gasteiger partial charge is 0.207 e. The van der Waals surface area contributed by atoms with E-state index < -0.39 is 0 Å². The lowest BCUT2D eigenvalue weighted by Crippen LogP contribution is -2.11. The van der Waals surface area contributed by atoms with Crippen molar-refractivity contribution in [3.63, 3.8) is 0 Å². The summed E-state index contributed by atoms with van der Waals surface area (Å²) in [5.41, 5.74) is 8.10. The molecule has 0 radical (unpaired) electrons. The van der Waals surface area contributed by atoms with Crippen LogP contribution < -0.4 is 0 Å². The van der Waals surface area contributed by atoms with Gasteiger partial charge in [-0.1, -0.05) is 25.8 Å². The summed E-state index contributed by atoms with van der Waals surface area (Å²) in [4.78, 5) is 9.62. The van der Waals surface area contributed by atoms with Crippen molar-refractivity contribution in [3.05, 3.63) is 40.9 Å². The van der Waals surface area contributed by atoms with Gasteiger partial charge in [0.1, 0.15) is 0 Å². The van der Waals surface area contributed by atoms with E-state index in [1.807, 2.05) is 13.1 Å². The number of H-pyrrole nitrogens is 1. The van der Waals surface area contributed by atoms with E-state index in [9.17, 15) is 0 Å². The molecule has 0 bridgehead atoms. The van der Waals surface area contributed by atoms with Crippen molar-refractivity contribution in [1.29, 1.82) is 0 Å². The molecular weight excluding hydrogens is 360 g/mol. The first kappa shape index (κ1) is 19.7. The molecule has 1 fully saturated rings. The van der Waals surface area contributed by atoms with Crippen LogP contribution in [-0.4, -0.2) is 31.8 Å². The molecule has 0 unspecified atom stereocenters. The Hall–Kier alpha value is -2.63. The molecule has 152 valence electrons. The van der Waals surface area contributed by atoms with Gasteiger partial charge in [0.15, 0.2) is 0 Å². The van der Waals surface area contributed by atoms with Gasteiger partial charge in [-0.3, -0.25) is 9.98 Å². The van der Waals surface area contributed by atoms with Crippen LogP contribution in [-0.2, 0) is 12.8 Å². The summed E-state index contributed by atoms with van der Waals surface area (Å²) in [6.07, 6.45) is 14.6. The molecule has 2 heterocycles. The van der Waals surface area contributed by atoms with E-state index in [-0.39, 0.29) is 0 Å². The Morgan fingerprint density at radius 1 is 1.10 bits per heavy atom. The number of fused-ring (bicyclic) bond motifs is 1. The molecule has 2 aromatic rings. The summed E-state index contributed by atoms with van der Waals surface area (Å²) in [6, 6.07) is 0. The molecule has 2 aromatic heterocycles. The molecule has 6 nitrogen and oxygen atoms in total. The zero-order valence-electron chi connectivity index (χ0n) is 17.5. The second-order valence-corrected chi connectivity index (χ2v) is 8.31. The molecule has 1 saturated carbocycles. The highest BCUT2D eigenvalue weighted by Crippen LogP contribution is 2.43. The highest BCUT2D eigenvalue weighted by Gasteiger charge is 2.30. The van der Waals surface area contributed by atoms with Crippen LogP contribution in [0.2, 0.25) is 0 Å². The lowest BCUT2D eigenvalue weighted by atomic mass is 9.86. The minimum atomic E-state index is 0.479. The molecule has 0 saturated heterocycles. The third-order valence-corrected chi connectivity index (χ3v) is 6.08. The third kappa shape index (κ3) is 4.21. The maximum Gasteiger partial charge on any atom is 0.207 e. The van der Waals surface area contributed by atoms with Gasteiger partial charge in [0.25, 0.3) is 0 Å². The van der Waals surface area contributed by atoms with Gasteiger partial charge in [0, 0.05) is 23.5 Å². The molecule has 6 heteroatoms. The summed E-state index contributed by atoms with van der Waals surface area (Å²) in [5.74, 6) is 1.14. The molecule has 0 aliphatic heterocycles. The van der Waals surface area contributed by atoms with Crippen molar-refractivity contribution >= 4 is 11.8 Å². The normalized spacial score (nSPS) is 18.2. The number of aromatic nitrogens is 5. The average Bonchev–Trinajstić information content (AvgIpc) is 3.37. The second kappa shape index (κ2) is 8.80. The Kier molecular flexibility index (Phi) is 5.97. The van der Waals surface area contributed by atoms with Crippen LogP contribution in [0.5, 0.6) is 0 Å². The van der Waals surface area contributed by atoms with Gasteiger partial charge in [-0.2, -0.15) is 5.21 Å². The molecule has 1 N–H and O–H groups in total. The van der Waals surface area contributed by atoms with E-state index in [1.165, 1.54) is 73.0 Å². The largest absolute Gasteiger partial charge is 0.262 e. The topological polar surface area (TPSA) is 79.7 Å². The molecule has 2 aliphatic rings. The molecule has 29 heavy (non-hydrogen) atoms. The van der Waals surface area contributed by atoms with Crippen LogP contribution in [0.3, 0.4) is 0 Å². The van der Waals surface area contributed by atoms with Crippen molar-refractivity contribution in [1.82, 2.24) is 25.6 Å². The van der Waals surface area contributed by atoms with Gasteiger partial charge in [-0.15, -0.1) is 10.2 Å². The number of allylic oxidation sites excluding steroid dienone is 3. The van der Waals surface area contributed by atoms with Crippen LogP contribution >= 0.6 is 0 Å². The van der Waals surface area contributed by atoms with Crippen molar-refractivity contribution < 1.29 is 0 Å². The Balaban J connectivity index is 1.96. The predicted molar refractivity (Wildman–Crippen MR) is 117 cm³/mol. The molecule has 0 atom stereocenters. The minimum Gasteiger partial charge on any atom is -0.262 e. The Labute approximate surface area is 172 Å². The Morgan fingerprint density at radius 3 is 2.62 bits per heavy atom. The van der Waals surface area contributed by atoms with Gasteiger partial charge < -0.3 is 0 Å². The van der Waals surface area contributed by atoms with Crippen molar-refractivity contribution in [3.8, 4) is 11.4 Å². The van der Waals surface area contributed by atoms with Gasteiger partial charge in [-0.05, 0) is 80.4 Å². The first-order valence-electron chi connectivity index (χ1n) is 10.8. The van der Waals surface area contributed by atoms with Crippen LogP contribution in [0.25, 0.3) is 17.0 Å². The quantitative estimate of drug-likeness (QED) is 0.562. The maximum absolute atomic E-state index is 5.27. The third-order valence-electron chi connectivity index (χ3n) is 6.08. The highest BCUT2D eigenvalue weighted by molar-refractivity contribution is 5.90. The fourth-order valence-electron chi connectivity index (χ4n) is 4.72. The number of nitrogens with zero attached hydrogens (tertiary/aromatic N) is 5. The number of pyridine rings is 1. The van der Waals surface area contributed by atoms with E-state index >= 15 is 0 Å². The van der Waals surface area contributed by atoms with Crippen molar-refractivity contribution in [2.24, 2.45) is 4.99 Å². The monoisotopic (exact) mass is 390 g/mol. The minimum absolute atomic E-state index is 0.479. The van der Waals surface area contributed by atoms with E-state index in [2.05, 4.69) is 45.2 Å². The lowest BCUT2D eigenvalue weighted by Gasteiger charge is -2.22. The summed E-state index contributed by atoms with van der Waals surface area (Å²) in [6.45, 7) is 7.93. The Bertz CT molecular complexity index is 933. The van der Waals surface area contributed by atoms with E-state index in [0.29, 0.717) is 11.7 Å². The van der Waals surface area contributed by atoms with E-state index in [4.69, 9.17) is 4.98 Å². The fourth-order valence-corrected chi connectivity index (χ4v) is 4.72. The number of tetrazole rings is 1. The number of hydrogen-bond donors (Lipinski definition) is 1. The molecular formula is C23H30N6. The number of hydrogen-bond acceptors (Lipinski definition) is 5. The molecule has 0 spiro atoms. The van der Waals surface area contributed by atoms with Crippen LogP contribution in [0.1, 0.15) is 87.2 Å². The highest BCUT2D eigenvalue weighted by atomic mass is 15.5. The summed E-state index contributed by atoms with van der Waals surface area (Å²) in [7, 11) is 0. The number of rotatable bonds is 5. The van der Waals surface area contributed by atoms with Crippen LogP contribution in [0, 0.1) is 0 Å². The summed E-state index contributed by atoms with van der Waals surface area (Å²) >= 11 is 0. The molecule has 2 aliphatic carbocycles.